The van der Waals surface area contributed by atoms with Gasteiger partial charge in [0.25, 0.3) is 0 Å². The number of ether oxygens (including phenoxy) is 2. The first-order chi connectivity index (χ1) is 17.3. The van der Waals surface area contributed by atoms with Crippen LogP contribution in [0.25, 0.3) is 0 Å². The predicted octanol–water partition coefficient (Wildman–Crippen LogP) is -1.59. The van der Waals surface area contributed by atoms with Crippen molar-refractivity contribution in [3.05, 3.63) is 0 Å². The number of aliphatic hydroxyl groups excluding tert-OH is 7. The number of hydrogen-bond acceptors (Lipinski definition) is 11. The van der Waals surface area contributed by atoms with Gasteiger partial charge in [0.1, 0.15) is 24.4 Å². The summed E-state index contributed by atoms with van der Waals surface area (Å²) in [6, 6.07) is 0. The van der Waals surface area contributed by atoms with Gasteiger partial charge in [-0.25, -0.2) is 0 Å². The largest absolute Gasteiger partial charge is 0.432 e. The minimum atomic E-state index is -1.74. The van der Waals surface area contributed by atoms with Crippen molar-refractivity contribution in [1.82, 2.24) is 0 Å². The van der Waals surface area contributed by atoms with E-state index in [0.717, 1.165) is 0 Å². The minimum Gasteiger partial charge on any atom is -0.432 e. The van der Waals surface area contributed by atoms with E-state index >= 15 is 0 Å². The number of carbonyl (C=O) groups is 1. The molecule has 4 saturated carbocycles. The summed E-state index contributed by atoms with van der Waals surface area (Å²) in [5.74, 6) is -1.72. The Morgan fingerprint density at radius 2 is 1.68 bits per heavy atom. The Morgan fingerprint density at radius 3 is 2.32 bits per heavy atom. The van der Waals surface area contributed by atoms with Gasteiger partial charge in [-0.3, -0.25) is 4.79 Å². The molecule has 1 heterocycles. The van der Waals surface area contributed by atoms with Crippen LogP contribution in [0.5, 0.6) is 0 Å². The van der Waals surface area contributed by atoms with Gasteiger partial charge in [0.2, 0.25) is 6.29 Å². The van der Waals surface area contributed by atoms with Crippen LogP contribution in [-0.4, -0.2) is 109 Å². The molecule has 5 fully saturated rings. The lowest BCUT2D eigenvalue weighted by Crippen LogP contribution is -2.69. The molecular weight excluding hydrogens is 488 g/mol. The van der Waals surface area contributed by atoms with Crippen molar-refractivity contribution in [2.45, 2.75) is 107 Å². The normalized spacial score (nSPS) is 57.4. The molecule has 1 saturated heterocycles. The van der Waals surface area contributed by atoms with E-state index in [0.29, 0.717) is 38.5 Å². The smallest absolute Gasteiger partial charge is 0.314 e. The summed E-state index contributed by atoms with van der Waals surface area (Å²) >= 11 is 0. The van der Waals surface area contributed by atoms with Crippen LogP contribution < -0.4 is 0 Å². The number of hydrogen-bond donors (Lipinski definition) is 8. The Kier molecular flexibility index (Phi) is 6.78. The summed E-state index contributed by atoms with van der Waals surface area (Å²) in [5, 5.41) is 84.4. The Hall–Kier alpha value is -0.890. The molecule has 11 nitrogen and oxygen atoms in total. The van der Waals surface area contributed by atoms with Crippen LogP contribution in [0.1, 0.15) is 58.8 Å². The Bertz CT molecular complexity index is 900. The van der Waals surface area contributed by atoms with E-state index in [-0.39, 0.29) is 18.3 Å². The van der Waals surface area contributed by atoms with E-state index in [2.05, 4.69) is 0 Å². The Balaban J connectivity index is 1.45. The molecule has 1 aliphatic heterocycles. The maximum atomic E-state index is 13.7. The molecule has 0 aromatic heterocycles. The van der Waals surface area contributed by atoms with Crippen molar-refractivity contribution in [3.63, 3.8) is 0 Å². The van der Waals surface area contributed by atoms with Gasteiger partial charge in [-0.05, 0) is 62.7 Å². The highest BCUT2D eigenvalue weighted by Gasteiger charge is 2.74. The second-order valence-corrected chi connectivity index (χ2v) is 13.0. The van der Waals surface area contributed by atoms with Crippen LogP contribution >= 0.6 is 0 Å². The molecule has 2 bridgehead atoms. The van der Waals surface area contributed by atoms with E-state index in [1.54, 1.807) is 6.92 Å². The number of carbonyl (C=O) groups excluding carboxylic acids is 1. The molecule has 4 aliphatic carbocycles. The van der Waals surface area contributed by atoms with E-state index in [1.165, 1.54) is 0 Å². The monoisotopic (exact) mass is 530 g/mol. The van der Waals surface area contributed by atoms with Crippen LogP contribution in [0.3, 0.4) is 0 Å². The highest BCUT2D eigenvalue weighted by Crippen LogP contribution is 2.73. The molecule has 5 rings (SSSR count). The fourth-order valence-corrected chi connectivity index (χ4v) is 9.52. The van der Waals surface area contributed by atoms with E-state index in [4.69, 9.17) is 9.47 Å². The van der Waals surface area contributed by atoms with Gasteiger partial charge in [0.15, 0.2) is 0 Å². The third-order valence-electron chi connectivity index (χ3n) is 11.2. The zero-order valence-corrected chi connectivity index (χ0v) is 21.4. The Labute approximate surface area is 216 Å². The van der Waals surface area contributed by atoms with Crippen molar-refractivity contribution in [2.75, 3.05) is 13.2 Å². The standard InChI is InChI=1S/C26H42O11/c1-23-6-3-7-24(2,22(34)37-21-17(31)16(30)15(29)13(9-27)36-21)19(23)18(32)20(33)25-8-12(4-5-14(23)25)26(35,10-25)11-28/h12-21,27-33,35H,3-11H2,1-2H3/t12-,13+,14-,15+,16-,17+,18-,19-,20-,21-,23-,24+,25+,26-/m0/s1. The Morgan fingerprint density at radius 1 is 0.973 bits per heavy atom. The fourth-order valence-electron chi connectivity index (χ4n) is 9.52. The summed E-state index contributed by atoms with van der Waals surface area (Å²) < 4.78 is 11.0. The molecule has 0 unspecified atom stereocenters. The summed E-state index contributed by atoms with van der Waals surface area (Å²) in [6.07, 6.45) is -6.61. The van der Waals surface area contributed by atoms with E-state index < -0.39 is 89.9 Å². The fraction of sp³-hybridized carbons (Fsp3) is 0.962. The zero-order chi connectivity index (χ0) is 27.1. The average Bonchev–Trinajstić information content (AvgIpc) is 3.09. The molecule has 5 aliphatic rings. The van der Waals surface area contributed by atoms with Crippen LogP contribution in [0.15, 0.2) is 0 Å². The zero-order valence-electron chi connectivity index (χ0n) is 21.4. The molecule has 0 aromatic carbocycles. The molecule has 0 radical (unpaired) electrons. The summed E-state index contributed by atoms with van der Waals surface area (Å²) in [5.41, 5.74) is -3.93. The molecule has 37 heavy (non-hydrogen) atoms. The number of esters is 1. The van der Waals surface area contributed by atoms with Gasteiger partial charge in [-0.1, -0.05) is 13.3 Å². The third-order valence-corrected chi connectivity index (χ3v) is 11.2. The van der Waals surface area contributed by atoms with Crippen molar-refractivity contribution in [3.8, 4) is 0 Å². The van der Waals surface area contributed by atoms with Gasteiger partial charge in [0, 0.05) is 11.3 Å². The van der Waals surface area contributed by atoms with Crippen LogP contribution in [0.2, 0.25) is 0 Å². The highest BCUT2D eigenvalue weighted by molar-refractivity contribution is 5.77. The molecule has 14 atom stereocenters. The van der Waals surface area contributed by atoms with Gasteiger partial charge in [-0.15, -0.1) is 0 Å². The van der Waals surface area contributed by atoms with E-state index in [1.807, 2.05) is 6.92 Å². The average molecular weight is 531 g/mol. The predicted molar refractivity (Wildman–Crippen MR) is 125 cm³/mol. The molecule has 8 N–H and O–H groups in total. The van der Waals surface area contributed by atoms with Gasteiger partial charge < -0.3 is 50.3 Å². The summed E-state index contributed by atoms with van der Waals surface area (Å²) in [7, 11) is 0. The SMILES string of the molecule is C[C@@]12CCC[C@@](C)(C(=O)O[C@@H]3O[C@H](CO)[C@@H](O)[C@H](O)[C@H]3O)[C@H]1[C@H](O)[C@H](O)[C@@]13C[C@H](CC[C@@H]21)[C@@](O)(CO)C3. The number of fused-ring (bicyclic) bond motifs is 3. The molecule has 212 valence electrons. The van der Waals surface area contributed by atoms with Crippen molar-refractivity contribution in [2.24, 2.45) is 34.0 Å². The summed E-state index contributed by atoms with van der Waals surface area (Å²) in [4.78, 5) is 13.7. The first kappa shape index (κ1) is 27.7. The lowest BCUT2D eigenvalue weighted by molar-refractivity contribution is -0.302. The molecule has 0 amide bonds. The number of aliphatic hydroxyl groups is 8. The van der Waals surface area contributed by atoms with Crippen molar-refractivity contribution in [1.29, 1.82) is 0 Å². The van der Waals surface area contributed by atoms with Gasteiger partial charge >= 0.3 is 5.97 Å². The minimum absolute atomic E-state index is 0.0973. The lowest BCUT2D eigenvalue weighted by atomic mass is 9.39. The second-order valence-electron chi connectivity index (χ2n) is 13.0. The quantitative estimate of drug-likeness (QED) is 0.195. The number of rotatable bonds is 4. The molecular formula is C26H42O11. The second kappa shape index (κ2) is 9.07. The topological polar surface area (TPSA) is 197 Å². The maximum absolute atomic E-state index is 13.7. The highest BCUT2D eigenvalue weighted by atomic mass is 16.7. The van der Waals surface area contributed by atoms with Crippen molar-refractivity contribution >= 4 is 5.97 Å². The van der Waals surface area contributed by atoms with Gasteiger partial charge in [0.05, 0.1) is 36.4 Å². The molecule has 11 heteroatoms. The maximum Gasteiger partial charge on any atom is 0.314 e. The first-order valence-corrected chi connectivity index (χ1v) is 13.5. The van der Waals surface area contributed by atoms with Gasteiger partial charge in [-0.2, -0.15) is 0 Å². The van der Waals surface area contributed by atoms with Crippen molar-refractivity contribution < 1.29 is 55.1 Å². The van der Waals surface area contributed by atoms with Crippen LogP contribution in [0.4, 0.5) is 0 Å². The third kappa shape index (κ3) is 3.69. The van der Waals surface area contributed by atoms with Crippen LogP contribution in [-0.2, 0) is 14.3 Å². The molecule has 0 aromatic rings. The summed E-state index contributed by atoms with van der Waals surface area (Å²) in [6.45, 7) is 2.65. The molecule has 1 spiro atoms. The lowest BCUT2D eigenvalue weighted by Gasteiger charge is -2.66. The van der Waals surface area contributed by atoms with Crippen LogP contribution in [0, 0.1) is 34.0 Å². The first-order valence-electron chi connectivity index (χ1n) is 13.5. The van der Waals surface area contributed by atoms with E-state index in [9.17, 15) is 45.6 Å².